The number of nitrogens with one attached hydrogen (secondary N) is 2. The van der Waals surface area contributed by atoms with E-state index in [4.69, 9.17) is 10.5 Å². The molecule has 0 aliphatic heterocycles. The number of nitrogens with two attached hydrogens (primary N) is 1. The number of hydrogen-bond acceptors (Lipinski definition) is 6. The van der Waals surface area contributed by atoms with E-state index in [2.05, 4.69) is 45.3 Å². The zero-order valence-electron chi connectivity index (χ0n) is 30.5. The van der Waals surface area contributed by atoms with Gasteiger partial charge in [-0.2, -0.15) is 0 Å². The number of carbonyl (C=O) groups is 1. The van der Waals surface area contributed by atoms with Crippen LogP contribution in [-0.2, 0) is 4.74 Å². The summed E-state index contributed by atoms with van der Waals surface area (Å²) in [6.45, 7) is 16.0. The summed E-state index contributed by atoms with van der Waals surface area (Å²) in [4.78, 5) is 13.7. The molecule has 4 aliphatic rings. The van der Waals surface area contributed by atoms with Crippen LogP contribution in [0.1, 0.15) is 128 Å². The molecule has 266 valence electrons. The van der Waals surface area contributed by atoms with Crippen LogP contribution in [0.25, 0.3) is 0 Å². The van der Waals surface area contributed by atoms with Crippen molar-refractivity contribution in [3.8, 4) is 0 Å². The van der Waals surface area contributed by atoms with Crippen LogP contribution in [-0.4, -0.2) is 55.5 Å². The van der Waals surface area contributed by atoms with Crippen LogP contribution in [0.4, 0.5) is 0 Å². The number of aliphatic hydroxyl groups is 1. The van der Waals surface area contributed by atoms with Gasteiger partial charge in [0.2, 0.25) is 0 Å². The van der Waals surface area contributed by atoms with Gasteiger partial charge in [0.25, 0.3) is 0 Å². The average Bonchev–Trinajstić information content (AvgIpc) is 3.40. The Bertz CT molecular complexity index is 1110. The van der Waals surface area contributed by atoms with Crippen molar-refractivity contribution >= 4 is 5.97 Å². The number of hydrogen-bond donors (Lipinski definition) is 4. The largest absolute Gasteiger partial charge is 0.458 e. The van der Waals surface area contributed by atoms with E-state index >= 15 is 0 Å². The Labute approximate surface area is 287 Å². The van der Waals surface area contributed by atoms with Crippen LogP contribution in [0.5, 0.6) is 0 Å². The summed E-state index contributed by atoms with van der Waals surface area (Å²) in [5.74, 6) is 3.97. The topological polar surface area (TPSA) is 96.6 Å². The van der Waals surface area contributed by atoms with Crippen LogP contribution in [0.3, 0.4) is 0 Å². The van der Waals surface area contributed by atoms with Crippen LogP contribution in [0.2, 0.25) is 0 Å². The minimum atomic E-state index is -0.330. The molecular formula is C41H69N3O3. The summed E-state index contributed by atoms with van der Waals surface area (Å²) >= 11 is 0. The molecule has 4 aliphatic carbocycles. The Hall–Kier alpha value is -1.47. The second kappa shape index (κ2) is 16.5. The first-order valence-electron chi connectivity index (χ1n) is 19.7. The number of ether oxygens (including phenoxy) is 1. The Morgan fingerprint density at radius 1 is 0.936 bits per heavy atom. The molecule has 1 aromatic carbocycles. The van der Waals surface area contributed by atoms with Gasteiger partial charge in [-0.1, -0.05) is 72.1 Å². The van der Waals surface area contributed by atoms with Crippen LogP contribution in [0.15, 0.2) is 30.3 Å². The van der Waals surface area contributed by atoms with Crippen molar-refractivity contribution in [1.82, 2.24) is 10.6 Å². The zero-order valence-corrected chi connectivity index (χ0v) is 30.5. The van der Waals surface area contributed by atoms with Crippen molar-refractivity contribution in [2.24, 2.45) is 58.0 Å². The van der Waals surface area contributed by atoms with Crippen molar-refractivity contribution in [2.45, 2.75) is 136 Å². The lowest BCUT2D eigenvalue weighted by Gasteiger charge is -2.63. The van der Waals surface area contributed by atoms with Crippen molar-refractivity contribution < 1.29 is 14.6 Å². The van der Waals surface area contributed by atoms with Gasteiger partial charge in [0.15, 0.2) is 0 Å². The molecule has 0 amide bonds. The van der Waals surface area contributed by atoms with Gasteiger partial charge >= 0.3 is 5.97 Å². The van der Waals surface area contributed by atoms with E-state index in [1.165, 1.54) is 44.9 Å². The lowest BCUT2D eigenvalue weighted by molar-refractivity contribution is -0.182. The molecule has 0 radical (unpaired) electrons. The summed E-state index contributed by atoms with van der Waals surface area (Å²) in [5.41, 5.74) is 6.65. The summed E-state index contributed by atoms with van der Waals surface area (Å²) in [6.07, 6.45) is 14.6. The summed E-state index contributed by atoms with van der Waals surface area (Å²) < 4.78 is 6.66. The fraction of sp³-hybridized carbons (Fsp3) is 0.829. The molecule has 47 heavy (non-hydrogen) atoms. The molecule has 0 heterocycles. The number of benzene rings is 1. The highest BCUT2D eigenvalue weighted by Crippen LogP contribution is 2.68. The van der Waals surface area contributed by atoms with Gasteiger partial charge in [0, 0.05) is 12.0 Å². The van der Waals surface area contributed by atoms with E-state index in [1.54, 1.807) is 0 Å². The second-order valence-electron chi connectivity index (χ2n) is 17.2. The molecule has 4 saturated carbocycles. The fourth-order valence-corrected chi connectivity index (χ4v) is 11.4. The van der Waals surface area contributed by atoms with Crippen LogP contribution in [0, 0.1) is 52.3 Å². The summed E-state index contributed by atoms with van der Waals surface area (Å²) in [7, 11) is 0. The third-order valence-electron chi connectivity index (χ3n) is 13.9. The van der Waals surface area contributed by atoms with E-state index < -0.39 is 0 Å². The highest BCUT2D eigenvalue weighted by atomic mass is 16.5. The first-order chi connectivity index (χ1) is 22.6. The predicted octanol–water partition coefficient (Wildman–Crippen LogP) is 7.59. The Kier molecular flexibility index (Phi) is 12.9. The van der Waals surface area contributed by atoms with Gasteiger partial charge in [0.05, 0.1) is 11.7 Å². The van der Waals surface area contributed by atoms with Crippen LogP contribution >= 0.6 is 0 Å². The minimum Gasteiger partial charge on any atom is -0.458 e. The summed E-state index contributed by atoms with van der Waals surface area (Å²) in [5, 5.41) is 18.9. The second-order valence-corrected chi connectivity index (χ2v) is 17.2. The van der Waals surface area contributed by atoms with Gasteiger partial charge in [0.1, 0.15) is 6.10 Å². The Balaban J connectivity index is 1.31. The molecule has 6 nitrogen and oxygen atoms in total. The lowest BCUT2D eigenvalue weighted by Crippen LogP contribution is -2.62. The maximum absolute atomic E-state index is 13.7. The van der Waals surface area contributed by atoms with Crippen LogP contribution < -0.4 is 16.4 Å². The SMILES string of the molecule is CC(C)CCC[C@@H](C)[C@H]1CC[C@H]2[C@@H]3C(OC(=O)c4ccccc4)CC4CC(NCCCNCCCCN)C(O)C[C@]4(C)[C@H]3CC[C@]12C. The fourth-order valence-electron chi connectivity index (χ4n) is 11.4. The Morgan fingerprint density at radius 3 is 2.43 bits per heavy atom. The van der Waals surface area contributed by atoms with E-state index in [-0.39, 0.29) is 29.6 Å². The highest BCUT2D eigenvalue weighted by molar-refractivity contribution is 5.89. The van der Waals surface area contributed by atoms with Gasteiger partial charge in [-0.15, -0.1) is 0 Å². The molecule has 6 heteroatoms. The maximum Gasteiger partial charge on any atom is 0.338 e. The third-order valence-corrected chi connectivity index (χ3v) is 13.9. The number of fused-ring (bicyclic) bond motifs is 5. The molecular weight excluding hydrogens is 582 g/mol. The normalized spacial score (nSPS) is 37.2. The Morgan fingerprint density at radius 2 is 1.68 bits per heavy atom. The quantitative estimate of drug-likeness (QED) is 0.109. The van der Waals surface area contributed by atoms with Crippen molar-refractivity contribution in [1.29, 1.82) is 0 Å². The third kappa shape index (κ3) is 8.30. The number of unbranched alkanes of at least 4 members (excludes halogenated alkanes) is 1. The number of rotatable bonds is 16. The van der Waals surface area contributed by atoms with Crippen molar-refractivity contribution in [3.63, 3.8) is 0 Å². The maximum atomic E-state index is 13.7. The molecule has 5 N–H and O–H groups in total. The van der Waals surface area contributed by atoms with Gasteiger partial charge in [-0.3, -0.25) is 0 Å². The molecule has 0 saturated heterocycles. The molecule has 1 aromatic rings. The molecule has 0 aromatic heterocycles. The number of aliphatic hydroxyl groups excluding tert-OH is 1. The molecule has 11 atom stereocenters. The molecule has 0 spiro atoms. The first-order valence-corrected chi connectivity index (χ1v) is 19.7. The van der Waals surface area contributed by atoms with E-state index in [1.807, 2.05) is 30.3 Å². The zero-order chi connectivity index (χ0) is 33.6. The monoisotopic (exact) mass is 652 g/mol. The standard InChI is InChI=1S/C41H69N3O3/c1-28(2)13-11-14-29(3)32-17-18-33-38-34(19-20-40(32,33)4)41(5)27-36(45)35(44-24-12-23-43-22-10-9-21-42)25-31(41)26-37(38)47-39(46)30-15-7-6-8-16-30/h6-8,15-16,28-29,31-38,43-45H,9-14,17-27,42H2,1-5H3/t29-,31?,32-,33+,34+,35?,36?,37?,38+,40-,41+/m1/s1. The molecule has 5 rings (SSSR count). The van der Waals surface area contributed by atoms with E-state index in [0.717, 1.165) is 82.5 Å². The number of carbonyl (C=O) groups excluding carboxylic acids is 1. The molecule has 0 bridgehead atoms. The van der Waals surface area contributed by atoms with Gasteiger partial charge < -0.3 is 26.2 Å². The number of esters is 1. The highest BCUT2D eigenvalue weighted by Gasteiger charge is 2.64. The molecule has 4 fully saturated rings. The van der Waals surface area contributed by atoms with Crippen molar-refractivity contribution in [3.05, 3.63) is 35.9 Å². The van der Waals surface area contributed by atoms with Crippen molar-refractivity contribution in [2.75, 3.05) is 26.2 Å². The lowest BCUT2D eigenvalue weighted by atomic mass is 9.43. The van der Waals surface area contributed by atoms with E-state index in [9.17, 15) is 9.90 Å². The predicted molar refractivity (Wildman–Crippen MR) is 193 cm³/mol. The summed E-state index contributed by atoms with van der Waals surface area (Å²) in [6, 6.07) is 9.73. The van der Waals surface area contributed by atoms with Gasteiger partial charge in [-0.05, 0) is 149 Å². The minimum absolute atomic E-state index is 0.0565. The van der Waals surface area contributed by atoms with E-state index in [0.29, 0.717) is 34.7 Å². The average molecular weight is 652 g/mol. The smallest absolute Gasteiger partial charge is 0.338 e. The van der Waals surface area contributed by atoms with Gasteiger partial charge in [-0.25, -0.2) is 4.79 Å². The molecule has 4 unspecified atom stereocenters. The first kappa shape index (κ1) is 36.8.